The van der Waals surface area contributed by atoms with Crippen LogP contribution in [0.1, 0.15) is 30.7 Å². The van der Waals surface area contributed by atoms with Crippen molar-refractivity contribution in [3.8, 4) is 5.75 Å². The summed E-state index contributed by atoms with van der Waals surface area (Å²) >= 11 is 7.35. The van der Waals surface area contributed by atoms with E-state index in [1.165, 1.54) is 18.2 Å². The third-order valence-corrected chi connectivity index (χ3v) is 5.31. The Hall–Kier alpha value is -1.73. The van der Waals surface area contributed by atoms with Crippen molar-refractivity contribution in [3.63, 3.8) is 0 Å². The number of amides is 1. The number of nitrogens with zero attached hydrogens (tertiary/aromatic N) is 3. The highest BCUT2D eigenvalue weighted by Crippen LogP contribution is 2.22. The molecular weight excluding hydrogens is 360 g/mol. The molecule has 134 valence electrons. The van der Waals surface area contributed by atoms with Crippen molar-refractivity contribution >= 4 is 29.3 Å². The Bertz CT molecular complexity index is 731. The molecule has 1 amide bonds. The van der Waals surface area contributed by atoms with Crippen molar-refractivity contribution in [3.05, 3.63) is 34.6 Å². The second-order valence-corrected chi connectivity index (χ2v) is 7.34. The lowest BCUT2D eigenvalue weighted by atomic mass is 10.1. The minimum Gasteiger partial charge on any atom is -0.486 e. The summed E-state index contributed by atoms with van der Waals surface area (Å²) in [5, 5.41) is 8.26. The molecule has 3 rings (SSSR count). The number of aryl methyl sites for hydroxylation is 1. The largest absolute Gasteiger partial charge is 0.486 e. The smallest absolute Gasteiger partial charge is 0.233 e. The van der Waals surface area contributed by atoms with Gasteiger partial charge in [0.2, 0.25) is 11.1 Å². The number of rotatable bonds is 6. The van der Waals surface area contributed by atoms with Gasteiger partial charge in [-0.2, -0.15) is 0 Å². The van der Waals surface area contributed by atoms with Gasteiger partial charge < -0.3 is 9.64 Å². The van der Waals surface area contributed by atoms with Crippen molar-refractivity contribution in [1.82, 2.24) is 20.1 Å². The van der Waals surface area contributed by atoms with Crippen LogP contribution >= 0.6 is 23.4 Å². The number of halogens is 1. The molecule has 1 N–H and O–H groups in total. The number of piperidine rings is 1. The molecule has 2 heterocycles. The number of nitrogens with one attached hydrogen (secondary N) is 1. The molecule has 0 atom stereocenters. The molecule has 0 radical (unpaired) electrons. The normalized spacial score (nSPS) is 14.6. The number of benzene rings is 1. The van der Waals surface area contributed by atoms with E-state index in [2.05, 4.69) is 15.2 Å². The number of aromatic amines is 1. The number of ether oxygens (including phenoxy) is 1. The van der Waals surface area contributed by atoms with Gasteiger partial charge in [0.1, 0.15) is 12.4 Å². The Morgan fingerprint density at radius 3 is 2.92 bits per heavy atom. The fourth-order valence-electron chi connectivity index (χ4n) is 2.63. The van der Waals surface area contributed by atoms with Crippen LogP contribution in [0.25, 0.3) is 0 Å². The van der Waals surface area contributed by atoms with Gasteiger partial charge in [-0.15, -0.1) is 5.10 Å². The average molecular weight is 381 g/mol. The molecule has 0 aliphatic carbocycles. The van der Waals surface area contributed by atoms with Crippen molar-refractivity contribution in [2.75, 3.05) is 18.8 Å². The van der Waals surface area contributed by atoms with Crippen LogP contribution < -0.4 is 4.74 Å². The summed E-state index contributed by atoms with van der Waals surface area (Å²) in [6.07, 6.45) is 3.42. The highest BCUT2D eigenvalue weighted by Gasteiger charge is 2.17. The lowest BCUT2D eigenvalue weighted by molar-refractivity contribution is -0.129. The maximum Gasteiger partial charge on any atom is 0.233 e. The van der Waals surface area contributed by atoms with Gasteiger partial charge in [-0.05, 0) is 49.9 Å². The highest BCUT2D eigenvalue weighted by atomic mass is 35.5. The number of likely N-dealkylation sites (tertiary alicyclic amines) is 1. The lowest BCUT2D eigenvalue weighted by Crippen LogP contribution is -2.36. The number of thioether (sulfide) groups is 1. The van der Waals surface area contributed by atoms with Crippen LogP contribution in [0.3, 0.4) is 0 Å². The minimum atomic E-state index is 0.156. The van der Waals surface area contributed by atoms with E-state index in [1.807, 2.05) is 24.0 Å². The number of hydrogen-bond donors (Lipinski definition) is 1. The van der Waals surface area contributed by atoms with E-state index < -0.39 is 0 Å². The Labute approximate surface area is 156 Å². The first-order valence-electron chi connectivity index (χ1n) is 8.32. The quantitative estimate of drug-likeness (QED) is 0.777. The first-order chi connectivity index (χ1) is 12.1. The Morgan fingerprint density at radius 1 is 1.36 bits per heavy atom. The monoisotopic (exact) mass is 380 g/mol. The molecular formula is C17H21ClN4O2S. The number of aromatic nitrogens is 3. The Morgan fingerprint density at radius 2 is 2.16 bits per heavy atom. The van der Waals surface area contributed by atoms with Crippen molar-refractivity contribution in [2.45, 2.75) is 37.9 Å². The lowest BCUT2D eigenvalue weighted by Gasteiger charge is -2.26. The fraction of sp³-hybridized carbons (Fsp3) is 0.471. The summed E-state index contributed by atoms with van der Waals surface area (Å²) in [6, 6.07) is 5.50. The van der Waals surface area contributed by atoms with Gasteiger partial charge >= 0.3 is 0 Å². The standard InChI is InChI=1S/C17H21ClN4O2S/c1-12-9-13(5-6-14(12)18)24-10-15-19-17(21-20-15)25-11-16(23)22-7-3-2-4-8-22/h5-6,9H,2-4,7-8,10-11H2,1H3,(H,19,20,21). The predicted molar refractivity (Wildman–Crippen MR) is 98.1 cm³/mol. The molecule has 0 bridgehead atoms. The molecule has 1 fully saturated rings. The summed E-state index contributed by atoms with van der Waals surface area (Å²) in [5.41, 5.74) is 0.962. The van der Waals surface area contributed by atoms with Gasteiger partial charge in [-0.3, -0.25) is 9.89 Å². The van der Waals surface area contributed by atoms with E-state index in [1.54, 1.807) is 6.07 Å². The predicted octanol–water partition coefficient (Wildman–Crippen LogP) is 3.45. The molecule has 1 aliphatic heterocycles. The zero-order valence-electron chi connectivity index (χ0n) is 14.1. The van der Waals surface area contributed by atoms with Gasteiger partial charge in [-0.1, -0.05) is 23.4 Å². The van der Waals surface area contributed by atoms with Crippen LogP contribution in [-0.2, 0) is 11.4 Å². The Balaban J connectivity index is 1.46. The molecule has 1 aromatic carbocycles. The molecule has 8 heteroatoms. The van der Waals surface area contributed by atoms with Crippen molar-refractivity contribution in [1.29, 1.82) is 0 Å². The Kier molecular flexibility index (Phi) is 6.20. The number of carbonyl (C=O) groups is 1. The van der Waals surface area contributed by atoms with E-state index in [0.29, 0.717) is 21.8 Å². The fourth-order valence-corrected chi connectivity index (χ4v) is 3.46. The van der Waals surface area contributed by atoms with Crippen LogP contribution in [0.15, 0.2) is 23.4 Å². The van der Waals surface area contributed by atoms with Gasteiger partial charge in [0.05, 0.1) is 5.75 Å². The maximum absolute atomic E-state index is 12.2. The second-order valence-electron chi connectivity index (χ2n) is 5.99. The first kappa shape index (κ1) is 18.1. The molecule has 0 saturated carbocycles. The maximum atomic E-state index is 12.2. The molecule has 0 unspecified atom stereocenters. The number of hydrogen-bond acceptors (Lipinski definition) is 5. The van der Waals surface area contributed by atoms with E-state index in [-0.39, 0.29) is 12.5 Å². The minimum absolute atomic E-state index is 0.156. The third-order valence-electron chi connectivity index (χ3n) is 4.05. The molecule has 6 nitrogen and oxygen atoms in total. The molecule has 1 aromatic heterocycles. The summed E-state index contributed by atoms with van der Waals surface area (Å²) in [4.78, 5) is 18.4. The number of carbonyl (C=O) groups excluding carboxylic acids is 1. The average Bonchev–Trinajstić information content (AvgIpc) is 3.09. The van der Waals surface area contributed by atoms with Crippen LogP contribution in [0, 0.1) is 6.92 Å². The van der Waals surface area contributed by atoms with E-state index in [9.17, 15) is 4.79 Å². The zero-order valence-corrected chi connectivity index (χ0v) is 15.7. The molecule has 25 heavy (non-hydrogen) atoms. The summed E-state index contributed by atoms with van der Waals surface area (Å²) in [6.45, 7) is 3.95. The zero-order chi connectivity index (χ0) is 17.6. The van der Waals surface area contributed by atoms with Crippen LogP contribution in [0.4, 0.5) is 0 Å². The first-order valence-corrected chi connectivity index (χ1v) is 9.69. The third kappa shape index (κ3) is 5.12. The molecule has 1 saturated heterocycles. The van der Waals surface area contributed by atoms with Crippen LogP contribution in [0.2, 0.25) is 5.02 Å². The van der Waals surface area contributed by atoms with Gasteiger partial charge in [0.15, 0.2) is 5.82 Å². The highest BCUT2D eigenvalue weighted by molar-refractivity contribution is 7.99. The summed E-state index contributed by atoms with van der Waals surface area (Å²) < 4.78 is 5.69. The molecule has 2 aromatic rings. The van der Waals surface area contributed by atoms with Gasteiger partial charge in [0, 0.05) is 18.1 Å². The van der Waals surface area contributed by atoms with Crippen LogP contribution in [0.5, 0.6) is 5.75 Å². The summed E-state index contributed by atoms with van der Waals surface area (Å²) in [7, 11) is 0. The van der Waals surface area contributed by atoms with E-state index in [4.69, 9.17) is 16.3 Å². The van der Waals surface area contributed by atoms with Crippen molar-refractivity contribution in [2.24, 2.45) is 0 Å². The SMILES string of the molecule is Cc1cc(OCc2nc(SCC(=O)N3CCCCC3)n[nH]2)ccc1Cl. The van der Waals surface area contributed by atoms with Gasteiger partial charge in [-0.25, -0.2) is 4.98 Å². The van der Waals surface area contributed by atoms with E-state index in [0.717, 1.165) is 37.2 Å². The second kappa shape index (κ2) is 8.58. The summed E-state index contributed by atoms with van der Waals surface area (Å²) in [5.74, 6) is 1.88. The van der Waals surface area contributed by atoms with E-state index >= 15 is 0 Å². The van der Waals surface area contributed by atoms with Crippen molar-refractivity contribution < 1.29 is 9.53 Å². The molecule has 1 aliphatic rings. The molecule has 0 spiro atoms. The van der Waals surface area contributed by atoms with Gasteiger partial charge in [0.25, 0.3) is 0 Å². The number of H-pyrrole nitrogens is 1. The van der Waals surface area contributed by atoms with Crippen LogP contribution in [-0.4, -0.2) is 44.8 Å². The topological polar surface area (TPSA) is 71.1 Å².